The van der Waals surface area contributed by atoms with Gasteiger partial charge in [-0.25, -0.2) is 22.0 Å². The molecule has 1 heterocycles. The fourth-order valence-electron chi connectivity index (χ4n) is 2.17. The van der Waals surface area contributed by atoms with Crippen molar-refractivity contribution in [3.63, 3.8) is 0 Å². The Morgan fingerprint density at radius 1 is 1.43 bits per heavy atom. The zero-order chi connectivity index (χ0) is 15.8. The summed E-state index contributed by atoms with van der Waals surface area (Å²) < 4.78 is 56.6. The topological polar surface area (TPSA) is 83.9 Å². The van der Waals surface area contributed by atoms with Crippen molar-refractivity contribution in [1.82, 2.24) is 4.31 Å². The molecule has 1 aliphatic heterocycles. The zero-order valence-electron chi connectivity index (χ0n) is 11.0. The summed E-state index contributed by atoms with van der Waals surface area (Å²) in [5, 5.41) is 8.89. The monoisotopic (exact) mass is 321 g/mol. The first-order valence-corrected chi connectivity index (χ1v) is 7.42. The van der Waals surface area contributed by atoms with E-state index in [2.05, 4.69) is 0 Å². The number of halogens is 2. The number of nitrogens with zero attached hydrogens (tertiary/aromatic N) is 1. The Morgan fingerprint density at radius 3 is 2.57 bits per heavy atom. The SMILES string of the molecule is COC(C(=O)O)C1CN(S(=O)(=O)c2cccc(F)c2F)C1. The number of carboxylic acid groups (broad SMARTS) is 1. The highest BCUT2D eigenvalue weighted by Crippen LogP contribution is 2.29. The molecule has 1 fully saturated rings. The van der Waals surface area contributed by atoms with Crippen LogP contribution in [0.3, 0.4) is 0 Å². The first kappa shape index (κ1) is 15.8. The molecule has 1 saturated heterocycles. The molecule has 0 radical (unpaired) electrons. The summed E-state index contributed by atoms with van der Waals surface area (Å²) in [6, 6.07) is 2.88. The van der Waals surface area contributed by atoms with Crippen molar-refractivity contribution < 1.29 is 31.8 Å². The number of benzene rings is 1. The molecule has 0 aromatic heterocycles. The van der Waals surface area contributed by atoms with E-state index in [0.717, 1.165) is 22.5 Å². The summed E-state index contributed by atoms with van der Waals surface area (Å²) in [5.74, 6) is -4.42. The summed E-state index contributed by atoms with van der Waals surface area (Å²) >= 11 is 0. The van der Waals surface area contributed by atoms with E-state index in [0.29, 0.717) is 0 Å². The van der Waals surface area contributed by atoms with Crippen LogP contribution in [0.2, 0.25) is 0 Å². The minimum atomic E-state index is -4.19. The molecule has 0 bridgehead atoms. The number of aliphatic carboxylic acids is 1. The molecule has 1 atom stereocenters. The van der Waals surface area contributed by atoms with Crippen LogP contribution in [0, 0.1) is 17.6 Å². The van der Waals surface area contributed by atoms with Gasteiger partial charge in [0, 0.05) is 26.1 Å². The lowest BCUT2D eigenvalue weighted by Crippen LogP contribution is -2.56. The van der Waals surface area contributed by atoms with Crippen molar-refractivity contribution in [2.45, 2.75) is 11.0 Å². The standard InChI is InChI=1S/C12H13F2NO5S/c1-20-11(12(16)17)7-5-15(6-7)21(18,19)9-4-2-3-8(13)10(9)14/h2-4,7,11H,5-6H2,1H3,(H,16,17). The van der Waals surface area contributed by atoms with Gasteiger partial charge in [0.25, 0.3) is 0 Å². The zero-order valence-corrected chi connectivity index (χ0v) is 11.8. The van der Waals surface area contributed by atoms with Crippen LogP contribution < -0.4 is 0 Å². The van der Waals surface area contributed by atoms with Gasteiger partial charge < -0.3 is 9.84 Å². The first-order chi connectivity index (χ1) is 9.78. The summed E-state index contributed by atoms with van der Waals surface area (Å²) in [6.07, 6.45) is -1.13. The van der Waals surface area contributed by atoms with Gasteiger partial charge >= 0.3 is 5.97 Å². The van der Waals surface area contributed by atoms with Gasteiger partial charge in [-0.3, -0.25) is 0 Å². The van der Waals surface area contributed by atoms with Crippen LogP contribution in [-0.2, 0) is 19.6 Å². The van der Waals surface area contributed by atoms with E-state index in [1.54, 1.807) is 0 Å². The van der Waals surface area contributed by atoms with Crippen molar-refractivity contribution in [2.24, 2.45) is 5.92 Å². The third-order valence-corrected chi connectivity index (χ3v) is 5.18. The fraction of sp³-hybridized carbons (Fsp3) is 0.417. The number of carbonyl (C=O) groups is 1. The molecule has 1 N–H and O–H groups in total. The van der Waals surface area contributed by atoms with Gasteiger partial charge in [-0.2, -0.15) is 4.31 Å². The molecule has 0 amide bonds. The van der Waals surface area contributed by atoms with E-state index in [1.165, 1.54) is 7.11 Å². The molecule has 0 spiro atoms. The molecule has 1 aromatic rings. The summed E-state index contributed by atoms with van der Waals surface area (Å²) in [5.41, 5.74) is 0. The van der Waals surface area contributed by atoms with E-state index < -0.39 is 44.5 Å². The molecule has 2 rings (SSSR count). The second kappa shape index (κ2) is 5.66. The van der Waals surface area contributed by atoms with Crippen LogP contribution >= 0.6 is 0 Å². The number of hydrogen-bond acceptors (Lipinski definition) is 4. The molecule has 0 saturated carbocycles. The maximum absolute atomic E-state index is 13.6. The number of hydrogen-bond donors (Lipinski definition) is 1. The Kier molecular flexibility index (Phi) is 4.26. The lowest BCUT2D eigenvalue weighted by atomic mass is 9.96. The normalized spacial score (nSPS) is 18.2. The minimum Gasteiger partial charge on any atom is -0.479 e. The van der Waals surface area contributed by atoms with Gasteiger partial charge in [0.1, 0.15) is 4.90 Å². The number of carboxylic acids is 1. The van der Waals surface area contributed by atoms with Crippen LogP contribution in [0.5, 0.6) is 0 Å². The van der Waals surface area contributed by atoms with Gasteiger partial charge in [0.05, 0.1) is 0 Å². The Hall–Kier alpha value is -1.58. The Labute approximate surface area is 120 Å². The smallest absolute Gasteiger partial charge is 0.333 e. The second-order valence-electron chi connectivity index (χ2n) is 4.63. The summed E-state index contributed by atoms with van der Waals surface area (Å²) in [7, 11) is -2.98. The van der Waals surface area contributed by atoms with Crippen LogP contribution in [0.15, 0.2) is 23.1 Å². The average Bonchev–Trinajstić information content (AvgIpc) is 2.35. The molecule has 1 aliphatic rings. The fourth-order valence-corrected chi connectivity index (χ4v) is 3.80. The maximum atomic E-state index is 13.6. The van der Waals surface area contributed by atoms with E-state index >= 15 is 0 Å². The van der Waals surface area contributed by atoms with E-state index in [9.17, 15) is 22.0 Å². The van der Waals surface area contributed by atoms with Crippen molar-refractivity contribution in [2.75, 3.05) is 20.2 Å². The molecule has 9 heteroatoms. The lowest BCUT2D eigenvalue weighted by molar-refractivity contribution is -0.154. The first-order valence-electron chi connectivity index (χ1n) is 5.98. The number of methoxy groups -OCH3 is 1. The van der Waals surface area contributed by atoms with Crippen LogP contribution in [0.1, 0.15) is 0 Å². The quantitative estimate of drug-likeness (QED) is 0.862. The van der Waals surface area contributed by atoms with Crippen LogP contribution in [0.25, 0.3) is 0 Å². The van der Waals surface area contributed by atoms with E-state index in [-0.39, 0.29) is 13.1 Å². The van der Waals surface area contributed by atoms with Gasteiger partial charge in [0.2, 0.25) is 10.0 Å². The highest BCUT2D eigenvalue weighted by molar-refractivity contribution is 7.89. The highest BCUT2D eigenvalue weighted by Gasteiger charge is 2.44. The molecule has 6 nitrogen and oxygen atoms in total. The predicted octanol–water partition coefficient (Wildman–Crippen LogP) is 0.685. The average molecular weight is 321 g/mol. The molecular weight excluding hydrogens is 308 g/mol. The van der Waals surface area contributed by atoms with Crippen molar-refractivity contribution in [1.29, 1.82) is 0 Å². The Balaban J connectivity index is 2.17. The van der Waals surface area contributed by atoms with Gasteiger partial charge in [-0.15, -0.1) is 0 Å². The van der Waals surface area contributed by atoms with Crippen molar-refractivity contribution in [3.8, 4) is 0 Å². The molecule has 0 aliphatic carbocycles. The Bertz CT molecular complexity index is 658. The highest BCUT2D eigenvalue weighted by atomic mass is 32.2. The molecule has 21 heavy (non-hydrogen) atoms. The number of rotatable bonds is 5. The largest absolute Gasteiger partial charge is 0.479 e. The number of ether oxygens (including phenoxy) is 1. The van der Waals surface area contributed by atoms with Gasteiger partial charge in [-0.1, -0.05) is 6.07 Å². The maximum Gasteiger partial charge on any atom is 0.333 e. The predicted molar refractivity (Wildman–Crippen MR) is 67.0 cm³/mol. The molecule has 1 unspecified atom stereocenters. The van der Waals surface area contributed by atoms with Gasteiger partial charge in [-0.05, 0) is 12.1 Å². The van der Waals surface area contributed by atoms with Crippen molar-refractivity contribution in [3.05, 3.63) is 29.8 Å². The third-order valence-electron chi connectivity index (χ3n) is 3.34. The minimum absolute atomic E-state index is 0.122. The van der Waals surface area contributed by atoms with Crippen LogP contribution in [-0.4, -0.2) is 50.1 Å². The second-order valence-corrected chi connectivity index (χ2v) is 6.53. The summed E-state index contributed by atoms with van der Waals surface area (Å²) in [4.78, 5) is 10.1. The molecule has 1 aromatic carbocycles. The number of sulfonamides is 1. The Morgan fingerprint density at radius 2 is 2.05 bits per heavy atom. The van der Waals surface area contributed by atoms with Crippen molar-refractivity contribution >= 4 is 16.0 Å². The summed E-state index contributed by atoms with van der Waals surface area (Å²) in [6.45, 7) is -0.244. The van der Waals surface area contributed by atoms with Gasteiger partial charge in [0.15, 0.2) is 17.7 Å². The molecular formula is C12H13F2NO5S. The molecule has 116 valence electrons. The van der Waals surface area contributed by atoms with E-state index in [1.807, 2.05) is 0 Å². The third kappa shape index (κ3) is 2.76. The van der Waals surface area contributed by atoms with E-state index in [4.69, 9.17) is 9.84 Å². The van der Waals surface area contributed by atoms with Crippen LogP contribution in [0.4, 0.5) is 8.78 Å². The lowest BCUT2D eigenvalue weighted by Gasteiger charge is -2.40.